The predicted molar refractivity (Wildman–Crippen MR) is 75.8 cm³/mol. The lowest BCUT2D eigenvalue weighted by Crippen LogP contribution is -2.42. The maximum atomic E-state index is 12.0. The van der Waals surface area contributed by atoms with Gasteiger partial charge in [0.25, 0.3) is 0 Å². The van der Waals surface area contributed by atoms with Crippen LogP contribution in [0.15, 0.2) is 4.52 Å². The molecule has 1 saturated carbocycles. The van der Waals surface area contributed by atoms with Crippen molar-refractivity contribution in [2.75, 3.05) is 26.3 Å². The fraction of sp³-hybridized carbons (Fsp3) is 0.800. The highest BCUT2D eigenvalue weighted by Crippen LogP contribution is 2.38. The van der Waals surface area contributed by atoms with Crippen molar-refractivity contribution >= 4 is 5.91 Å². The van der Waals surface area contributed by atoms with Gasteiger partial charge >= 0.3 is 0 Å². The van der Waals surface area contributed by atoms with Gasteiger partial charge in [0.05, 0.1) is 0 Å². The Balaban J connectivity index is 1.51. The lowest BCUT2D eigenvalue weighted by atomic mass is 9.95. The van der Waals surface area contributed by atoms with Crippen LogP contribution >= 0.6 is 0 Å². The van der Waals surface area contributed by atoms with E-state index in [0.717, 1.165) is 44.1 Å². The maximum absolute atomic E-state index is 12.0. The molecule has 6 nitrogen and oxygen atoms in total. The van der Waals surface area contributed by atoms with E-state index < -0.39 is 0 Å². The third-order valence-electron chi connectivity index (χ3n) is 4.19. The average Bonchev–Trinajstić information content (AvgIpc) is 3.25. The number of carbonyl (C=O) groups excluding carboxylic acids is 1. The minimum Gasteiger partial charge on any atom is -0.372 e. The van der Waals surface area contributed by atoms with E-state index in [1.807, 2.05) is 11.8 Å². The quantitative estimate of drug-likeness (QED) is 0.799. The van der Waals surface area contributed by atoms with Gasteiger partial charge in [0.2, 0.25) is 11.8 Å². The lowest BCUT2D eigenvalue weighted by Gasteiger charge is -2.32. The summed E-state index contributed by atoms with van der Waals surface area (Å²) in [4.78, 5) is 18.4. The van der Waals surface area contributed by atoms with E-state index >= 15 is 0 Å². The minimum absolute atomic E-state index is 0.0887. The summed E-state index contributed by atoms with van der Waals surface area (Å²) in [6.07, 6.45) is 5.29. The van der Waals surface area contributed by atoms with Crippen LogP contribution in [-0.2, 0) is 16.0 Å². The molecule has 1 saturated heterocycles. The van der Waals surface area contributed by atoms with Crippen LogP contribution < -0.4 is 0 Å². The first-order valence-electron chi connectivity index (χ1n) is 7.94. The number of nitrogens with zero attached hydrogens (tertiary/aromatic N) is 3. The predicted octanol–water partition coefficient (Wildman–Crippen LogP) is 1.76. The zero-order valence-electron chi connectivity index (χ0n) is 12.6. The number of ether oxygens (including phenoxy) is 1. The van der Waals surface area contributed by atoms with E-state index in [-0.39, 0.29) is 12.5 Å². The summed E-state index contributed by atoms with van der Waals surface area (Å²) in [5.41, 5.74) is 0. The summed E-state index contributed by atoms with van der Waals surface area (Å²) in [7, 11) is 0. The molecule has 1 aliphatic heterocycles. The molecular formula is C15H23N3O3. The molecular weight excluding hydrogens is 270 g/mol. The van der Waals surface area contributed by atoms with Crippen molar-refractivity contribution in [1.29, 1.82) is 0 Å². The number of hydrogen-bond acceptors (Lipinski definition) is 5. The summed E-state index contributed by atoms with van der Waals surface area (Å²) >= 11 is 0. The summed E-state index contributed by atoms with van der Waals surface area (Å²) in [5.74, 6) is 2.62. The highest BCUT2D eigenvalue weighted by Gasteiger charge is 2.30. The first kappa shape index (κ1) is 14.5. The summed E-state index contributed by atoms with van der Waals surface area (Å²) in [6, 6.07) is 0. The molecule has 1 aromatic rings. The first-order valence-corrected chi connectivity index (χ1v) is 7.94. The second kappa shape index (κ2) is 6.56. The summed E-state index contributed by atoms with van der Waals surface area (Å²) in [6.45, 7) is 4.27. The Kier molecular flexibility index (Phi) is 4.53. The van der Waals surface area contributed by atoms with E-state index in [1.165, 1.54) is 12.8 Å². The highest BCUT2D eigenvalue weighted by molar-refractivity contribution is 5.77. The van der Waals surface area contributed by atoms with Crippen molar-refractivity contribution in [1.82, 2.24) is 15.0 Å². The van der Waals surface area contributed by atoms with Gasteiger partial charge in [-0.1, -0.05) is 5.16 Å². The van der Waals surface area contributed by atoms with E-state index in [4.69, 9.17) is 9.26 Å². The van der Waals surface area contributed by atoms with Gasteiger partial charge in [-0.3, -0.25) is 4.79 Å². The molecule has 1 atom stereocenters. The molecule has 0 N–H and O–H groups in total. The van der Waals surface area contributed by atoms with Gasteiger partial charge in [0, 0.05) is 32.0 Å². The summed E-state index contributed by atoms with van der Waals surface area (Å²) < 4.78 is 10.5. The largest absolute Gasteiger partial charge is 0.372 e. The van der Waals surface area contributed by atoms with Crippen molar-refractivity contribution in [3.8, 4) is 0 Å². The maximum Gasteiger partial charge on any atom is 0.248 e. The zero-order chi connectivity index (χ0) is 14.7. The third kappa shape index (κ3) is 3.81. The average molecular weight is 293 g/mol. The Labute approximate surface area is 124 Å². The van der Waals surface area contributed by atoms with Crippen LogP contribution in [0, 0.1) is 5.92 Å². The zero-order valence-corrected chi connectivity index (χ0v) is 12.6. The number of amides is 1. The molecule has 0 radical (unpaired) electrons. The van der Waals surface area contributed by atoms with Crippen LogP contribution in [0.1, 0.15) is 50.2 Å². The van der Waals surface area contributed by atoms with Gasteiger partial charge in [0.15, 0.2) is 5.82 Å². The fourth-order valence-corrected chi connectivity index (χ4v) is 2.84. The fourth-order valence-electron chi connectivity index (χ4n) is 2.84. The van der Waals surface area contributed by atoms with E-state index in [9.17, 15) is 4.79 Å². The SMILES string of the molecule is CCOCC(=O)N1CCC[C@@H](Cc2nc(C3CC3)no2)C1. The molecule has 3 rings (SSSR count). The normalized spacial score (nSPS) is 22.5. The topological polar surface area (TPSA) is 68.5 Å². The van der Waals surface area contributed by atoms with Crippen molar-refractivity contribution < 1.29 is 14.1 Å². The van der Waals surface area contributed by atoms with E-state index in [1.54, 1.807) is 0 Å². The number of hydrogen-bond donors (Lipinski definition) is 0. The van der Waals surface area contributed by atoms with Gasteiger partial charge < -0.3 is 14.2 Å². The van der Waals surface area contributed by atoms with Gasteiger partial charge in [-0.25, -0.2) is 0 Å². The van der Waals surface area contributed by atoms with Crippen molar-refractivity contribution in [3.63, 3.8) is 0 Å². The molecule has 2 aliphatic rings. The molecule has 0 spiro atoms. The molecule has 2 fully saturated rings. The molecule has 1 aliphatic carbocycles. The summed E-state index contributed by atoms with van der Waals surface area (Å²) in [5, 5.41) is 4.05. The smallest absolute Gasteiger partial charge is 0.248 e. The second-order valence-corrected chi connectivity index (χ2v) is 6.01. The molecule has 0 unspecified atom stereocenters. The Hall–Kier alpha value is -1.43. The van der Waals surface area contributed by atoms with Gasteiger partial charge in [-0.2, -0.15) is 4.98 Å². The molecule has 6 heteroatoms. The van der Waals surface area contributed by atoms with Crippen LogP contribution in [0.3, 0.4) is 0 Å². The molecule has 2 heterocycles. The standard InChI is InChI=1S/C15H23N3O3/c1-2-20-10-14(19)18-7-3-4-11(9-18)8-13-16-15(17-21-13)12-5-6-12/h11-12H,2-10H2,1H3/t11-/m0/s1. The van der Waals surface area contributed by atoms with Crippen LogP contribution in [-0.4, -0.2) is 47.3 Å². The number of aromatic nitrogens is 2. The molecule has 1 aromatic heterocycles. The number of carbonyl (C=O) groups is 1. The lowest BCUT2D eigenvalue weighted by molar-refractivity contribution is -0.137. The molecule has 21 heavy (non-hydrogen) atoms. The monoisotopic (exact) mass is 293 g/mol. The number of rotatable bonds is 6. The second-order valence-electron chi connectivity index (χ2n) is 6.01. The van der Waals surface area contributed by atoms with Crippen LogP contribution in [0.4, 0.5) is 0 Å². The Morgan fingerprint density at radius 3 is 3.05 bits per heavy atom. The van der Waals surface area contributed by atoms with Crippen molar-refractivity contribution in [2.24, 2.45) is 5.92 Å². The Morgan fingerprint density at radius 1 is 1.43 bits per heavy atom. The van der Waals surface area contributed by atoms with Crippen LogP contribution in [0.25, 0.3) is 0 Å². The molecule has 1 amide bonds. The van der Waals surface area contributed by atoms with Crippen LogP contribution in [0.2, 0.25) is 0 Å². The first-order chi connectivity index (χ1) is 10.3. The van der Waals surface area contributed by atoms with Crippen molar-refractivity contribution in [3.05, 3.63) is 11.7 Å². The van der Waals surface area contributed by atoms with E-state index in [0.29, 0.717) is 18.4 Å². The number of likely N-dealkylation sites (tertiary alicyclic amines) is 1. The molecule has 0 aromatic carbocycles. The third-order valence-corrected chi connectivity index (χ3v) is 4.19. The Morgan fingerprint density at radius 2 is 2.29 bits per heavy atom. The highest BCUT2D eigenvalue weighted by atomic mass is 16.5. The Bertz CT molecular complexity index is 484. The number of piperidine rings is 1. The van der Waals surface area contributed by atoms with Gasteiger partial charge in [-0.05, 0) is 38.5 Å². The molecule has 0 bridgehead atoms. The minimum atomic E-state index is 0.0887. The van der Waals surface area contributed by atoms with E-state index in [2.05, 4.69) is 10.1 Å². The van der Waals surface area contributed by atoms with Crippen molar-refractivity contribution in [2.45, 2.75) is 44.9 Å². The van der Waals surface area contributed by atoms with Crippen LogP contribution in [0.5, 0.6) is 0 Å². The molecule has 116 valence electrons. The van der Waals surface area contributed by atoms with Gasteiger partial charge in [-0.15, -0.1) is 0 Å². The van der Waals surface area contributed by atoms with Gasteiger partial charge in [0.1, 0.15) is 6.61 Å².